The van der Waals surface area contributed by atoms with Crippen molar-refractivity contribution in [1.82, 2.24) is 14.6 Å². The van der Waals surface area contributed by atoms with Crippen molar-refractivity contribution in [3.05, 3.63) is 84.2 Å². The maximum Gasteiger partial charge on any atom is 0.122 e. The fraction of sp³-hybridized carbons (Fsp3) is 0.100. The van der Waals surface area contributed by atoms with Gasteiger partial charge in [0.15, 0.2) is 0 Å². The van der Waals surface area contributed by atoms with Crippen molar-refractivity contribution >= 4 is 17.3 Å². The van der Waals surface area contributed by atoms with Crippen LogP contribution in [0.2, 0.25) is 0 Å². The molecule has 0 atom stereocenters. The summed E-state index contributed by atoms with van der Waals surface area (Å²) in [6, 6.07) is 21.0. The van der Waals surface area contributed by atoms with Gasteiger partial charge in [-0.2, -0.15) is 5.10 Å². The molecule has 0 fully saturated rings. The van der Waals surface area contributed by atoms with E-state index in [1.165, 1.54) is 11.1 Å². The van der Waals surface area contributed by atoms with E-state index < -0.39 is 0 Å². The summed E-state index contributed by atoms with van der Waals surface area (Å²) in [5.41, 5.74) is 5.73. The Kier molecular flexibility index (Phi) is 4.05. The Labute approximate surface area is 145 Å². The second kappa shape index (κ2) is 6.49. The normalized spacial score (nSPS) is 11.0. The van der Waals surface area contributed by atoms with Gasteiger partial charge in [0.2, 0.25) is 0 Å². The summed E-state index contributed by atoms with van der Waals surface area (Å²) >= 11 is 1.75. The highest BCUT2D eigenvalue weighted by Gasteiger charge is 2.09. The van der Waals surface area contributed by atoms with Crippen LogP contribution >= 0.6 is 11.8 Å². The van der Waals surface area contributed by atoms with Gasteiger partial charge in [-0.05, 0) is 18.6 Å². The lowest BCUT2D eigenvalue weighted by Crippen LogP contribution is -1.91. The number of aromatic nitrogens is 3. The molecule has 4 rings (SSSR count). The van der Waals surface area contributed by atoms with Crippen molar-refractivity contribution in [1.29, 1.82) is 0 Å². The minimum absolute atomic E-state index is 0.902. The van der Waals surface area contributed by atoms with E-state index in [0.29, 0.717) is 0 Å². The Balaban J connectivity index is 1.63. The first-order valence-electron chi connectivity index (χ1n) is 7.88. The van der Waals surface area contributed by atoms with Gasteiger partial charge < -0.3 is 0 Å². The van der Waals surface area contributed by atoms with Gasteiger partial charge in [-0.1, -0.05) is 71.9 Å². The lowest BCUT2D eigenvalue weighted by Gasteiger charge is -2.03. The monoisotopic (exact) mass is 331 g/mol. The average Bonchev–Trinajstić information content (AvgIpc) is 3.07. The maximum absolute atomic E-state index is 4.67. The molecule has 0 aliphatic rings. The number of fused-ring (bicyclic) bond motifs is 1. The fourth-order valence-electron chi connectivity index (χ4n) is 2.60. The zero-order valence-electron chi connectivity index (χ0n) is 13.4. The highest BCUT2D eigenvalue weighted by Crippen LogP contribution is 2.28. The van der Waals surface area contributed by atoms with Crippen LogP contribution < -0.4 is 0 Å². The van der Waals surface area contributed by atoms with Gasteiger partial charge in [0.25, 0.3) is 0 Å². The molecule has 3 nitrogen and oxygen atoms in total. The quantitative estimate of drug-likeness (QED) is 0.493. The molecule has 0 N–H and O–H groups in total. The minimum atomic E-state index is 0.902. The molecule has 0 unspecified atom stereocenters. The Bertz CT molecular complexity index is 959. The fourth-order valence-corrected chi connectivity index (χ4v) is 3.53. The number of aryl methyl sites for hydroxylation is 1. The number of thioether (sulfide) groups is 1. The third kappa shape index (κ3) is 3.05. The van der Waals surface area contributed by atoms with Gasteiger partial charge in [0.1, 0.15) is 5.03 Å². The second-order valence-electron chi connectivity index (χ2n) is 5.73. The highest BCUT2D eigenvalue weighted by molar-refractivity contribution is 7.98. The molecule has 0 aliphatic heterocycles. The first-order chi connectivity index (χ1) is 11.8. The molecule has 0 spiro atoms. The lowest BCUT2D eigenvalue weighted by atomic mass is 10.1. The zero-order chi connectivity index (χ0) is 16.4. The summed E-state index contributed by atoms with van der Waals surface area (Å²) < 4.78 is 1.91. The third-order valence-corrected chi connectivity index (χ3v) is 4.99. The van der Waals surface area contributed by atoms with E-state index >= 15 is 0 Å². The summed E-state index contributed by atoms with van der Waals surface area (Å²) in [7, 11) is 0. The van der Waals surface area contributed by atoms with E-state index in [9.17, 15) is 0 Å². The number of nitrogens with zero attached hydrogens (tertiary/aromatic N) is 3. The van der Waals surface area contributed by atoms with Gasteiger partial charge in [-0.3, -0.25) is 0 Å². The molecule has 0 amide bonds. The molecule has 4 heteroatoms. The molecule has 0 saturated heterocycles. The van der Waals surface area contributed by atoms with E-state index in [-0.39, 0.29) is 0 Å². The van der Waals surface area contributed by atoms with Gasteiger partial charge in [-0.25, -0.2) is 9.50 Å². The van der Waals surface area contributed by atoms with Crippen molar-refractivity contribution in [3.8, 4) is 11.3 Å². The molecular weight excluding hydrogens is 314 g/mol. The van der Waals surface area contributed by atoms with Gasteiger partial charge in [0.05, 0.1) is 11.2 Å². The van der Waals surface area contributed by atoms with Crippen molar-refractivity contribution in [2.75, 3.05) is 0 Å². The standard InChI is InChI=1S/C20H17N3S/c1-15-7-9-16(10-8-15)14-24-20-19-13-18(17-5-3-2-4-6-17)22-23(19)12-11-21-20/h2-13H,14H2,1H3. The van der Waals surface area contributed by atoms with Crippen LogP contribution in [0.1, 0.15) is 11.1 Å². The van der Waals surface area contributed by atoms with E-state index in [1.54, 1.807) is 11.8 Å². The molecule has 2 aromatic carbocycles. The van der Waals surface area contributed by atoms with Crippen LogP contribution in [0, 0.1) is 6.92 Å². The molecule has 0 bridgehead atoms. The largest absolute Gasteiger partial charge is 0.246 e. The average molecular weight is 331 g/mol. The third-order valence-electron chi connectivity index (χ3n) is 3.92. The smallest absolute Gasteiger partial charge is 0.122 e. The van der Waals surface area contributed by atoms with E-state index in [2.05, 4.69) is 59.5 Å². The number of benzene rings is 2. The predicted octanol–water partition coefficient (Wildman–Crippen LogP) is 5.00. The zero-order valence-corrected chi connectivity index (χ0v) is 14.2. The van der Waals surface area contributed by atoms with Crippen molar-refractivity contribution < 1.29 is 0 Å². The molecule has 2 aromatic heterocycles. The number of rotatable bonds is 4. The Morgan fingerprint density at radius 2 is 1.79 bits per heavy atom. The Morgan fingerprint density at radius 3 is 2.58 bits per heavy atom. The maximum atomic E-state index is 4.67. The molecular formula is C20H17N3S. The van der Waals surface area contributed by atoms with Crippen LogP contribution in [0.25, 0.3) is 16.8 Å². The van der Waals surface area contributed by atoms with Crippen molar-refractivity contribution in [2.24, 2.45) is 0 Å². The van der Waals surface area contributed by atoms with Crippen LogP contribution in [0.4, 0.5) is 0 Å². The number of hydrogen-bond acceptors (Lipinski definition) is 3. The Hall–Kier alpha value is -2.59. The van der Waals surface area contributed by atoms with Crippen molar-refractivity contribution in [3.63, 3.8) is 0 Å². The van der Waals surface area contributed by atoms with Crippen molar-refractivity contribution in [2.45, 2.75) is 17.7 Å². The molecule has 2 heterocycles. The molecule has 0 saturated carbocycles. The van der Waals surface area contributed by atoms with Crippen LogP contribution in [-0.2, 0) is 5.75 Å². The first-order valence-corrected chi connectivity index (χ1v) is 8.86. The Morgan fingerprint density at radius 1 is 1.00 bits per heavy atom. The first kappa shape index (κ1) is 15.0. The minimum Gasteiger partial charge on any atom is -0.246 e. The second-order valence-corrected chi connectivity index (χ2v) is 6.70. The molecule has 4 aromatic rings. The summed E-state index contributed by atoms with van der Waals surface area (Å²) in [6.07, 6.45) is 3.71. The van der Waals surface area contributed by atoms with Gasteiger partial charge in [0, 0.05) is 23.7 Å². The van der Waals surface area contributed by atoms with Crippen LogP contribution in [0.15, 0.2) is 78.1 Å². The van der Waals surface area contributed by atoms with Crippen LogP contribution in [0.3, 0.4) is 0 Å². The molecule has 0 aliphatic carbocycles. The van der Waals surface area contributed by atoms with Gasteiger partial charge >= 0.3 is 0 Å². The number of hydrogen-bond donors (Lipinski definition) is 0. The topological polar surface area (TPSA) is 30.2 Å². The summed E-state index contributed by atoms with van der Waals surface area (Å²) in [4.78, 5) is 4.55. The molecule has 24 heavy (non-hydrogen) atoms. The van der Waals surface area contributed by atoms with Crippen LogP contribution in [0.5, 0.6) is 0 Å². The van der Waals surface area contributed by atoms with E-state index in [1.807, 2.05) is 35.1 Å². The van der Waals surface area contributed by atoms with Gasteiger partial charge in [-0.15, -0.1) is 0 Å². The van der Waals surface area contributed by atoms with E-state index in [0.717, 1.165) is 27.6 Å². The van der Waals surface area contributed by atoms with E-state index in [4.69, 9.17) is 0 Å². The molecule has 0 radical (unpaired) electrons. The SMILES string of the molecule is Cc1ccc(CSc2nccn3nc(-c4ccccc4)cc23)cc1. The summed E-state index contributed by atoms with van der Waals surface area (Å²) in [5, 5.41) is 5.68. The highest BCUT2D eigenvalue weighted by atomic mass is 32.2. The van der Waals surface area contributed by atoms with Crippen LogP contribution in [-0.4, -0.2) is 14.6 Å². The summed E-state index contributed by atoms with van der Waals surface area (Å²) in [6.45, 7) is 2.11. The summed E-state index contributed by atoms with van der Waals surface area (Å²) in [5.74, 6) is 0.902. The predicted molar refractivity (Wildman–Crippen MR) is 99.2 cm³/mol. The molecule has 118 valence electrons. The lowest BCUT2D eigenvalue weighted by molar-refractivity contribution is 0.920.